The first kappa shape index (κ1) is 22.8. The summed E-state index contributed by atoms with van der Waals surface area (Å²) >= 11 is 1.60. The van der Waals surface area contributed by atoms with Crippen LogP contribution >= 0.6 is 11.3 Å². The minimum absolute atomic E-state index is 0.0878. The van der Waals surface area contributed by atoms with Crippen LogP contribution in [0.25, 0.3) is 10.6 Å². The molecule has 3 rings (SSSR count). The van der Waals surface area contributed by atoms with E-state index in [1.807, 2.05) is 53.9 Å². The number of carbonyl (C=O) groups is 1. The Morgan fingerprint density at radius 1 is 1.06 bits per heavy atom. The smallest absolute Gasteiger partial charge is 0.260 e. The zero-order valence-corrected chi connectivity index (χ0v) is 19.6. The number of aromatic nitrogens is 1. The highest BCUT2D eigenvalue weighted by atomic mass is 32.1. The number of hydrogen-bond donors (Lipinski definition) is 1. The summed E-state index contributed by atoms with van der Waals surface area (Å²) in [5.74, 6) is 1.38. The van der Waals surface area contributed by atoms with Crippen LogP contribution in [0.15, 0.2) is 53.9 Å². The van der Waals surface area contributed by atoms with Crippen molar-refractivity contribution in [3.05, 3.63) is 65.2 Å². The molecule has 0 saturated heterocycles. The average molecular weight is 439 g/mol. The van der Waals surface area contributed by atoms with Crippen molar-refractivity contribution in [2.24, 2.45) is 0 Å². The predicted octanol–water partition coefficient (Wildman–Crippen LogP) is 5.24. The van der Waals surface area contributed by atoms with E-state index in [1.54, 1.807) is 25.4 Å². The Labute approximate surface area is 188 Å². The van der Waals surface area contributed by atoms with Gasteiger partial charge in [-0.05, 0) is 54.3 Å². The first-order chi connectivity index (χ1) is 14.8. The quantitative estimate of drug-likeness (QED) is 0.522. The Balaban J connectivity index is 1.47. The van der Waals surface area contributed by atoms with Crippen LogP contribution < -0.4 is 14.8 Å². The fourth-order valence-electron chi connectivity index (χ4n) is 3.04. The molecule has 1 heterocycles. The zero-order valence-electron chi connectivity index (χ0n) is 18.8. The third kappa shape index (κ3) is 6.31. The minimum atomic E-state index is -0.564. The number of nitrogens with one attached hydrogen (secondary N) is 1. The van der Waals surface area contributed by atoms with Crippen molar-refractivity contribution in [2.75, 3.05) is 13.7 Å². The van der Waals surface area contributed by atoms with Crippen LogP contribution in [0.1, 0.15) is 39.0 Å². The van der Waals surface area contributed by atoms with Gasteiger partial charge in [0, 0.05) is 23.9 Å². The van der Waals surface area contributed by atoms with Crippen molar-refractivity contribution >= 4 is 17.2 Å². The van der Waals surface area contributed by atoms with Crippen LogP contribution in [-0.2, 0) is 16.6 Å². The normalized spacial score (nSPS) is 12.3. The second kappa shape index (κ2) is 9.96. The highest BCUT2D eigenvalue weighted by Gasteiger charge is 2.16. The number of methoxy groups -OCH3 is 1. The molecule has 1 unspecified atom stereocenters. The van der Waals surface area contributed by atoms with Gasteiger partial charge in [0.15, 0.2) is 6.10 Å². The number of benzene rings is 2. The van der Waals surface area contributed by atoms with Crippen LogP contribution in [0.2, 0.25) is 0 Å². The molecule has 1 atom stereocenters. The highest BCUT2D eigenvalue weighted by Crippen LogP contribution is 2.26. The van der Waals surface area contributed by atoms with Crippen molar-refractivity contribution in [2.45, 2.75) is 45.6 Å². The van der Waals surface area contributed by atoms with E-state index < -0.39 is 6.10 Å². The van der Waals surface area contributed by atoms with Crippen LogP contribution in [0, 0.1) is 0 Å². The molecule has 6 heteroatoms. The fraction of sp³-hybridized carbons (Fsp3) is 0.360. The van der Waals surface area contributed by atoms with E-state index in [1.165, 1.54) is 5.56 Å². The van der Waals surface area contributed by atoms with Gasteiger partial charge in [-0.25, -0.2) is 4.98 Å². The largest absolute Gasteiger partial charge is 0.497 e. The average Bonchev–Trinajstić information content (AvgIpc) is 3.22. The van der Waals surface area contributed by atoms with Crippen molar-refractivity contribution in [3.63, 3.8) is 0 Å². The molecule has 0 radical (unpaired) electrons. The van der Waals surface area contributed by atoms with Crippen LogP contribution in [0.3, 0.4) is 0 Å². The lowest BCUT2D eigenvalue weighted by Crippen LogP contribution is -2.37. The Morgan fingerprint density at radius 2 is 1.71 bits per heavy atom. The molecule has 0 fully saturated rings. The molecule has 5 nitrogen and oxygen atoms in total. The molecule has 0 saturated carbocycles. The lowest BCUT2D eigenvalue weighted by atomic mass is 9.87. The Morgan fingerprint density at radius 3 is 2.32 bits per heavy atom. The summed E-state index contributed by atoms with van der Waals surface area (Å²) in [6, 6.07) is 15.8. The molecule has 0 aliphatic heterocycles. The van der Waals surface area contributed by atoms with Crippen molar-refractivity contribution in [3.8, 4) is 22.1 Å². The second-order valence-corrected chi connectivity index (χ2v) is 9.31. The monoisotopic (exact) mass is 438 g/mol. The number of nitrogens with zero attached hydrogens (tertiary/aromatic N) is 1. The standard InChI is InChI=1S/C25H30N2O3S/c1-17(30-22-12-8-19(9-13-22)25(2,3)4)23(28)26-15-14-20-16-31-24(27-20)18-6-10-21(29-5)11-7-18/h6-13,16-17H,14-15H2,1-5H3,(H,26,28). The number of carbonyl (C=O) groups excluding carboxylic acids is 1. The summed E-state index contributed by atoms with van der Waals surface area (Å²) in [5.41, 5.74) is 3.34. The summed E-state index contributed by atoms with van der Waals surface area (Å²) < 4.78 is 11.0. The summed E-state index contributed by atoms with van der Waals surface area (Å²) in [4.78, 5) is 17.1. The highest BCUT2D eigenvalue weighted by molar-refractivity contribution is 7.13. The summed E-state index contributed by atoms with van der Waals surface area (Å²) in [7, 11) is 1.65. The summed E-state index contributed by atoms with van der Waals surface area (Å²) in [6.45, 7) is 8.78. The van der Waals surface area contributed by atoms with E-state index >= 15 is 0 Å². The van der Waals surface area contributed by atoms with Crippen molar-refractivity contribution in [1.29, 1.82) is 0 Å². The van der Waals surface area contributed by atoms with Gasteiger partial charge in [0.05, 0.1) is 12.8 Å². The maximum absolute atomic E-state index is 12.4. The van der Waals surface area contributed by atoms with Gasteiger partial charge in [0.25, 0.3) is 5.91 Å². The molecular formula is C25H30N2O3S. The lowest BCUT2D eigenvalue weighted by Gasteiger charge is -2.20. The topological polar surface area (TPSA) is 60.5 Å². The minimum Gasteiger partial charge on any atom is -0.497 e. The zero-order chi connectivity index (χ0) is 22.4. The third-order valence-corrected chi connectivity index (χ3v) is 5.91. The van der Waals surface area contributed by atoms with Crippen LogP contribution in [-0.4, -0.2) is 30.6 Å². The molecule has 1 amide bonds. The van der Waals surface area contributed by atoms with E-state index in [2.05, 4.69) is 31.1 Å². The number of thiazole rings is 1. The number of rotatable bonds is 8. The third-order valence-electron chi connectivity index (χ3n) is 4.97. The van der Waals surface area contributed by atoms with Crippen molar-refractivity contribution < 1.29 is 14.3 Å². The van der Waals surface area contributed by atoms with E-state index in [0.717, 1.165) is 22.0 Å². The maximum Gasteiger partial charge on any atom is 0.260 e. The molecule has 0 bridgehead atoms. The van der Waals surface area contributed by atoms with Gasteiger partial charge >= 0.3 is 0 Å². The van der Waals surface area contributed by atoms with Gasteiger partial charge < -0.3 is 14.8 Å². The Kier molecular flexibility index (Phi) is 7.33. The number of ether oxygens (including phenoxy) is 2. The van der Waals surface area contributed by atoms with Crippen molar-refractivity contribution in [1.82, 2.24) is 10.3 Å². The number of amides is 1. The molecule has 164 valence electrons. The Hall–Kier alpha value is -2.86. The molecule has 2 aromatic carbocycles. The van der Waals surface area contributed by atoms with Crippen LogP contribution in [0.5, 0.6) is 11.5 Å². The van der Waals surface area contributed by atoms with E-state index in [9.17, 15) is 4.79 Å². The van der Waals surface area contributed by atoms with Crippen LogP contribution in [0.4, 0.5) is 0 Å². The maximum atomic E-state index is 12.4. The van der Waals surface area contributed by atoms with Gasteiger partial charge in [0.1, 0.15) is 16.5 Å². The molecule has 1 N–H and O–H groups in total. The SMILES string of the molecule is COc1ccc(-c2nc(CCNC(=O)C(C)Oc3ccc(C(C)(C)C)cc3)cs2)cc1. The summed E-state index contributed by atoms with van der Waals surface area (Å²) in [6.07, 6.45) is 0.108. The van der Waals surface area contributed by atoms with Gasteiger partial charge in [-0.1, -0.05) is 32.9 Å². The molecule has 0 aliphatic carbocycles. The molecule has 1 aromatic heterocycles. The van der Waals surface area contributed by atoms with Gasteiger partial charge in [-0.15, -0.1) is 11.3 Å². The second-order valence-electron chi connectivity index (χ2n) is 8.45. The van der Waals surface area contributed by atoms with Gasteiger partial charge in [0.2, 0.25) is 0 Å². The first-order valence-corrected chi connectivity index (χ1v) is 11.3. The first-order valence-electron chi connectivity index (χ1n) is 10.4. The molecule has 31 heavy (non-hydrogen) atoms. The van der Waals surface area contributed by atoms with Gasteiger partial charge in [-0.3, -0.25) is 4.79 Å². The Bertz CT molecular complexity index is 989. The van der Waals surface area contributed by atoms with E-state index in [4.69, 9.17) is 9.47 Å². The lowest BCUT2D eigenvalue weighted by molar-refractivity contribution is -0.127. The fourth-order valence-corrected chi connectivity index (χ4v) is 3.90. The van der Waals surface area contributed by atoms with E-state index in [-0.39, 0.29) is 11.3 Å². The van der Waals surface area contributed by atoms with E-state index in [0.29, 0.717) is 18.7 Å². The predicted molar refractivity (Wildman–Crippen MR) is 126 cm³/mol. The molecule has 0 aliphatic rings. The molecule has 0 spiro atoms. The number of hydrogen-bond acceptors (Lipinski definition) is 5. The van der Waals surface area contributed by atoms with Gasteiger partial charge in [-0.2, -0.15) is 0 Å². The molecular weight excluding hydrogens is 408 g/mol. The molecule has 3 aromatic rings. The summed E-state index contributed by atoms with van der Waals surface area (Å²) in [5, 5.41) is 5.92.